The van der Waals surface area contributed by atoms with Gasteiger partial charge in [0.15, 0.2) is 16.7 Å². The Labute approximate surface area is 148 Å². The molecule has 3 aromatic heterocycles. The van der Waals surface area contributed by atoms with Crippen LogP contribution in [0.15, 0.2) is 79.1 Å². The number of nitrogens with one attached hydrogen (secondary N) is 1. The molecule has 26 heavy (non-hydrogen) atoms. The van der Waals surface area contributed by atoms with E-state index in [-0.39, 0.29) is 5.49 Å². The van der Waals surface area contributed by atoms with E-state index in [1.807, 2.05) is 72.9 Å². The number of hydrogen-bond acceptors (Lipinski definition) is 4. The minimum Gasteiger partial charge on any atom is -0.300 e. The van der Waals surface area contributed by atoms with E-state index < -0.39 is 0 Å². The second kappa shape index (κ2) is 5.63. The highest BCUT2D eigenvalue weighted by atomic mass is 15.3. The Hall–Kier alpha value is -3.80. The Morgan fingerprint density at radius 1 is 0.808 bits per heavy atom. The molecule has 124 valence electrons. The molecule has 6 heteroatoms. The normalized spacial score (nSPS) is 11.2. The summed E-state index contributed by atoms with van der Waals surface area (Å²) in [7, 11) is 0. The minimum atomic E-state index is 0.278. The van der Waals surface area contributed by atoms with Crippen LogP contribution in [0.4, 0.5) is 0 Å². The Balaban J connectivity index is 1.77. The molecule has 0 spiro atoms. The van der Waals surface area contributed by atoms with Gasteiger partial charge in [-0.15, -0.1) is 10.2 Å². The lowest BCUT2D eigenvalue weighted by Crippen LogP contribution is -2.20. The molecule has 5 rings (SSSR count). The molecule has 3 heterocycles. The van der Waals surface area contributed by atoms with Gasteiger partial charge in [-0.25, -0.2) is 4.52 Å². The fourth-order valence-electron chi connectivity index (χ4n) is 3.14. The van der Waals surface area contributed by atoms with Gasteiger partial charge < -0.3 is 4.57 Å². The summed E-state index contributed by atoms with van der Waals surface area (Å²) in [5, 5.41) is 21.7. The van der Waals surface area contributed by atoms with Gasteiger partial charge in [-0.2, -0.15) is 5.10 Å². The third-order valence-electron chi connectivity index (χ3n) is 4.43. The van der Waals surface area contributed by atoms with Crippen molar-refractivity contribution >= 4 is 16.7 Å². The molecule has 0 unspecified atom stereocenters. The molecule has 0 fully saturated rings. The predicted octanol–water partition coefficient (Wildman–Crippen LogP) is 3.21. The number of aromatic nitrogens is 5. The van der Waals surface area contributed by atoms with Crippen molar-refractivity contribution in [3.05, 3.63) is 84.6 Å². The van der Waals surface area contributed by atoms with Crippen LogP contribution in [0.1, 0.15) is 0 Å². The van der Waals surface area contributed by atoms with Gasteiger partial charge in [0.25, 0.3) is 0 Å². The van der Waals surface area contributed by atoms with Crippen LogP contribution in [0.5, 0.6) is 0 Å². The lowest BCUT2D eigenvalue weighted by Gasteiger charge is -2.09. The van der Waals surface area contributed by atoms with E-state index in [0.29, 0.717) is 11.2 Å². The Morgan fingerprint density at radius 3 is 2.31 bits per heavy atom. The van der Waals surface area contributed by atoms with Crippen LogP contribution in [-0.4, -0.2) is 24.4 Å². The summed E-state index contributed by atoms with van der Waals surface area (Å²) in [6, 6.07) is 21.7. The predicted molar refractivity (Wildman–Crippen MR) is 98.9 cm³/mol. The van der Waals surface area contributed by atoms with E-state index >= 15 is 0 Å². The summed E-state index contributed by atoms with van der Waals surface area (Å²) in [5.41, 5.74) is 5.09. The molecule has 0 aliphatic heterocycles. The monoisotopic (exact) mass is 338 g/mol. The summed E-state index contributed by atoms with van der Waals surface area (Å²) >= 11 is 0. The quantitative estimate of drug-likeness (QED) is 0.537. The number of para-hydroxylation sites is 1. The second-order valence-corrected chi connectivity index (χ2v) is 5.96. The third kappa shape index (κ3) is 2.12. The first-order valence-corrected chi connectivity index (χ1v) is 8.24. The van der Waals surface area contributed by atoms with Crippen LogP contribution in [0, 0.1) is 5.41 Å². The van der Waals surface area contributed by atoms with Gasteiger partial charge in [0.2, 0.25) is 0 Å². The lowest BCUT2D eigenvalue weighted by atomic mass is 10.1. The molecule has 0 saturated carbocycles. The molecule has 0 amide bonds. The molecule has 0 aliphatic carbocycles. The highest BCUT2D eigenvalue weighted by molar-refractivity contribution is 5.82. The minimum absolute atomic E-state index is 0.278. The summed E-state index contributed by atoms with van der Waals surface area (Å²) < 4.78 is 3.53. The van der Waals surface area contributed by atoms with Gasteiger partial charge in [-0.1, -0.05) is 48.5 Å². The molecule has 0 aliphatic rings. The van der Waals surface area contributed by atoms with Crippen LogP contribution >= 0.6 is 0 Å². The van der Waals surface area contributed by atoms with Crippen molar-refractivity contribution in [2.24, 2.45) is 0 Å². The second-order valence-electron chi connectivity index (χ2n) is 5.96. The largest absolute Gasteiger partial charge is 0.300 e. The molecule has 5 aromatic rings. The SMILES string of the molecule is N=c1c2nnc3c(-c4ccccc4)cnn3c2ccn1-c1ccccc1. The zero-order valence-corrected chi connectivity index (χ0v) is 13.7. The van der Waals surface area contributed by atoms with Crippen LogP contribution in [0.3, 0.4) is 0 Å². The van der Waals surface area contributed by atoms with Crippen molar-refractivity contribution in [1.82, 2.24) is 24.4 Å². The van der Waals surface area contributed by atoms with Crippen molar-refractivity contribution in [2.45, 2.75) is 0 Å². The average molecular weight is 338 g/mol. The van der Waals surface area contributed by atoms with Crippen molar-refractivity contribution in [3.63, 3.8) is 0 Å². The summed E-state index contributed by atoms with van der Waals surface area (Å²) in [4.78, 5) is 0. The smallest absolute Gasteiger partial charge is 0.185 e. The van der Waals surface area contributed by atoms with Gasteiger partial charge in [-0.3, -0.25) is 5.41 Å². The zero-order valence-electron chi connectivity index (χ0n) is 13.7. The zero-order chi connectivity index (χ0) is 17.5. The maximum Gasteiger partial charge on any atom is 0.185 e. The highest BCUT2D eigenvalue weighted by Crippen LogP contribution is 2.24. The van der Waals surface area contributed by atoms with Crippen molar-refractivity contribution < 1.29 is 0 Å². The summed E-state index contributed by atoms with van der Waals surface area (Å²) in [6.07, 6.45) is 3.66. The van der Waals surface area contributed by atoms with Crippen LogP contribution in [-0.2, 0) is 0 Å². The number of nitrogens with zero attached hydrogens (tertiary/aromatic N) is 5. The maximum absolute atomic E-state index is 8.54. The molecule has 0 atom stereocenters. The van der Waals surface area contributed by atoms with Gasteiger partial charge in [0, 0.05) is 17.4 Å². The van der Waals surface area contributed by atoms with E-state index in [1.54, 1.807) is 15.3 Å². The first-order chi connectivity index (χ1) is 12.8. The molecular weight excluding hydrogens is 324 g/mol. The van der Waals surface area contributed by atoms with E-state index in [2.05, 4.69) is 15.3 Å². The van der Waals surface area contributed by atoms with Crippen molar-refractivity contribution in [1.29, 1.82) is 5.41 Å². The van der Waals surface area contributed by atoms with Crippen LogP contribution < -0.4 is 5.49 Å². The Kier molecular flexibility index (Phi) is 3.15. The van der Waals surface area contributed by atoms with E-state index in [4.69, 9.17) is 5.41 Å². The third-order valence-corrected chi connectivity index (χ3v) is 4.43. The van der Waals surface area contributed by atoms with Gasteiger partial charge in [0.05, 0.1) is 11.7 Å². The molecule has 1 N–H and O–H groups in total. The molecule has 2 aromatic carbocycles. The Morgan fingerprint density at radius 2 is 1.54 bits per heavy atom. The average Bonchev–Trinajstić information content (AvgIpc) is 3.14. The van der Waals surface area contributed by atoms with Gasteiger partial charge >= 0.3 is 0 Å². The standard InChI is InChI=1S/C20H14N6/c21-19-18-17(11-12-25(19)15-9-5-2-6-10-15)26-20(24-23-18)16(13-22-26)14-7-3-1-4-8-14/h1-13,21H. The molecule has 0 radical (unpaired) electrons. The van der Waals surface area contributed by atoms with Gasteiger partial charge in [-0.05, 0) is 23.8 Å². The number of pyridine rings is 1. The van der Waals surface area contributed by atoms with Crippen molar-refractivity contribution in [3.8, 4) is 16.8 Å². The number of benzene rings is 2. The summed E-state index contributed by atoms with van der Waals surface area (Å²) in [5.74, 6) is 0. The van der Waals surface area contributed by atoms with Gasteiger partial charge in [0.1, 0.15) is 0 Å². The Bertz CT molecular complexity index is 1290. The fraction of sp³-hybridized carbons (Fsp3) is 0. The van der Waals surface area contributed by atoms with E-state index in [1.165, 1.54) is 0 Å². The number of hydrogen-bond donors (Lipinski definition) is 1. The molecule has 6 nitrogen and oxygen atoms in total. The first kappa shape index (κ1) is 14.5. The lowest BCUT2D eigenvalue weighted by molar-refractivity contribution is 0.891. The summed E-state index contributed by atoms with van der Waals surface area (Å²) in [6.45, 7) is 0. The van der Waals surface area contributed by atoms with E-state index in [0.717, 1.165) is 22.3 Å². The van der Waals surface area contributed by atoms with Crippen LogP contribution in [0.25, 0.3) is 33.5 Å². The first-order valence-electron chi connectivity index (χ1n) is 8.24. The van der Waals surface area contributed by atoms with Crippen LogP contribution in [0.2, 0.25) is 0 Å². The number of fused-ring (bicyclic) bond motifs is 3. The topological polar surface area (TPSA) is 71.9 Å². The highest BCUT2D eigenvalue weighted by Gasteiger charge is 2.13. The fourth-order valence-corrected chi connectivity index (χ4v) is 3.14. The van der Waals surface area contributed by atoms with E-state index in [9.17, 15) is 0 Å². The maximum atomic E-state index is 8.54. The van der Waals surface area contributed by atoms with Crippen molar-refractivity contribution in [2.75, 3.05) is 0 Å². The molecular formula is C20H14N6. The molecule has 0 saturated heterocycles. The number of rotatable bonds is 2. The molecule has 0 bridgehead atoms.